The van der Waals surface area contributed by atoms with E-state index in [0.29, 0.717) is 0 Å². The van der Waals surface area contributed by atoms with Crippen LogP contribution in [0.1, 0.15) is 0 Å². The molecular weight excluding hydrogens is 753 g/mol. The molecule has 212 valence electrons. The third-order valence-electron chi connectivity index (χ3n) is 4.48. The van der Waals surface area contributed by atoms with Crippen molar-refractivity contribution < 1.29 is 51.3 Å². The van der Waals surface area contributed by atoms with Gasteiger partial charge in [0, 0.05) is 38.3 Å². The summed E-state index contributed by atoms with van der Waals surface area (Å²) in [5.74, 6) is 2.47. The van der Waals surface area contributed by atoms with Crippen LogP contribution in [0.2, 0.25) is 0 Å². The molecule has 0 aromatic heterocycles. The van der Waals surface area contributed by atoms with E-state index < -0.39 is 23.5 Å². The molecule has 0 spiro atoms. The van der Waals surface area contributed by atoms with Crippen molar-refractivity contribution in [2.45, 2.75) is 5.51 Å². The minimum absolute atomic E-state index is 0. The van der Waals surface area contributed by atoms with Crippen molar-refractivity contribution in [1.29, 1.82) is 5.46 Å². The van der Waals surface area contributed by atoms with Gasteiger partial charge in [-0.3, -0.25) is 0 Å². The number of hydrogen-bond acceptors (Lipinski definition) is 5. The van der Waals surface area contributed by atoms with Gasteiger partial charge in [-0.2, -0.15) is 24.9 Å². The first-order chi connectivity index (χ1) is 18.7. The largest absolute Gasteiger partial charge is 0.741 e. The van der Waals surface area contributed by atoms with Crippen molar-refractivity contribution in [3.63, 3.8) is 0 Å². The molecule has 2 aliphatic rings. The van der Waals surface area contributed by atoms with Crippen LogP contribution >= 0.6 is 19.7 Å². The molecule has 1 aliphatic carbocycles. The van der Waals surface area contributed by atoms with Crippen LogP contribution in [0.15, 0.2) is 127 Å². The summed E-state index contributed by atoms with van der Waals surface area (Å²) in [6, 6.07) is 32.3. The second-order valence-electron chi connectivity index (χ2n) is 7.21. The molecule has 0 saturated heterocycles. The monoisotopic (exact) mass is 779 g/mol. The Morgan fingerprint density at radius 1 is 0.700 bits per heavy atom. The Kier molecular flexibility index (Phi) is 20.2. The van der Waals surface area contributed by atoms with Gasteiger partial charge >= 0.3 is 15.7 Å². The molecule has 0 amide bonds. The van der Waals surface area contributed by atoms with Gasteiger partial charge in [-0.1, -0.05) is 127 Å². The van der Waals surface area contributed by atoms with Gasteiger partial charge in [0.2, 0.25) is 0 Å². The zero-order valence-electron chi connectivity index (χ0n) is 21.0. The van der Waals surface area contributed by atoms with Crippen LogP contribution in [-0.2, 0) is 35.3 Å². The summed E-state index contributed by atoms with van der Waals surface area (Å²) in [5, 5.41) is 4.19. The zero-order valence-corrected chi connectivity index (χ0v) is 26.2. The fourth-order valence-electron chi connectivity index (χ4n) is 2.84. The van der Waals surface area contributed by atoms with Gasteiger partial charge in [-0.15, -0.1) is 0 Å². The van der Waals surface area contributed by atoms with Gasteiger partial charge in [0.1, 0.15) is 0 Å². The first-order valence-corrected chi connectivity index (χ1v) is 15.2. The maximum absolute atomic E-state index is 10.7. The number of thioether (sulfide) groups is 1. The summed E-state index contributed by atoms with van der Waals surface area (Å²) in [6.45, 7) is 0. The quantitative estimate of drug-likeness (QED) is 0.107. The van der Waals surface area contributed by atoms with E-state index in [-0.39, 0.29) is 20.4 Å². The molecule has 5 nitrogen and oxygen atoms in total. The van der Waals surface area contributed by atoms with E-state index in [1.165, 1.54) is 27.4 Å². The predicted octanol–water partition coefficient (Wildman–Crippen LogP) is 6.00. The maximum atomic E-state index is 10.7. The van der Waals surface area contributed by atoms with Crippen molar-refractivity contribution in [3.05, 3.63) is 134 Å². The van der Waals surface area contributed by atoms with Gasteiger partial charge in [0.15, 0.2) is 10.1 Å². The Bertz CT molecular complexity index is 1180. The number of halogens is 3. The molecule has 0 N–H and O–H groups in total. The molecule has 3 aromatic carbocycles. The van der Waals surface area contributed by atoms with Crippen LogP contribution in [0.3, 0.4) is 0 Å². The van der Waals surface area contributed by atoms with Gasteiger partial charge in [-0.05, 0) is 23.8 Å². The minimum atomic E-state index is -6.09. The molecule has 12 heteroatoms. The Morgan fingerprint density at radius 3 is 1.18 bits per heavy atom. The van der Waals surface area contributed by atoms with E-state index in [0.717, 1.165) is 0 Å². The average molecular weight is 779 g/mol. The van der Waals surface area contributed by atoms with E-state index >= 15 is 0 Å². The van der Waals surface area contributed by atoms with Crippen LogP contribution in [0.5, 0.6) is 0 Å². The average Bonchev–Trinajstić information content (AvgIpc) is 3.71. The summed E-state index contributed by atoms with van der Waals surface area (Å²) < 4.78 is 66.2. The second-order valence-corrected chi connectivity index (χ2v) is 11.9. The number of alkyl halides is 3. The summed E-state index contributed by atoms with van der Waals surface area (Å²) in [5.41, 5.74) is 0.104. The van der Waals surface area contributed by atoms with E-state index in [2.05, 4.69) is 103 Å². The van der Waals surface area contributed by atoms with Crippen LogP contribution < -0.4 is 15.9 Å². The van der Waals surface area contributed by atoms with Crippen molar-refractivity contribution in [3.8, 4) is 0 Å². The first kappa shape index (κ1) is 37.7. The summed E-state index contributed by atoms with van der Waals surface area (Å²) in [4.78, 5) is 0. The van der Waals surface area contributed by atoms with Gasteiger partial charge < -0.3 is 4.55 Å². The molecule has 2 radical (unpaired) electrons. The zero-order chi connectivity index (χ0) is 29.0. The van der Waals surface area contributed by atoms with E-state index in [9.17, 15) is 13.2 Å². The van der Waals surface area contributed by atoms with Gasteiger partial charge in [0.25, 0.3) is 0 Å². The smallest absolute Gasteiger partial charge is 0.485 e. The molecule has 1 heterocycles. The normalized spacial score (nSPS) is 12.7. The number of benzene rings is 3. The Hall–Kier alpha value is -2.31. The Labute approximate surface area is 252 Å². The Morgan fingerprint density at radius 2 is 1.00 bits per heavy atom. The van der Waals surface area contributed by atoms with Crippen molar-refractivity contribution in [2.75, 3.05) is 11.5 Å². The van der Waals surface area contributed by atoms with E-state index in [1.54, 1.807) is 0 Å². The SMILES string of the molecule is C1=CCSC1.N#[O+].O=S(=O)([O-])C(F)(F)F.[CH]1C=CC=C1.[Re].c1ccc(P(c2ccccc2)c2ccccc2)cc1. The molecule has 0 unspecified atom stereocenters. The van der Waals surface area contributed by atoms with Crippen molar-refractivity contribution in [2.24, 2.45) is 0 Å². The van der Waals surface area contributed by atoms with Gasteiger partial charge in [-0.25, -0.2) is 8.42 Å². The predicted molar refractivity (Wildman–Crippen MR) is 152 cm³/mol. The third-order valence-corrected chi connectivity index (χ3v) is 8.34. The van der Waals surface area contributed by atoms with Crippen LogP contribution in [0.4, 0.5) is 13.2 Å². The molecule has 0 bridgehead atoms. The molecule has 3 aromatic rings. The minimum Gasteiger partial charge on any atom is -0.741 e. The standard InChI is InChI=1S/C18H15P.C5H5.C4H6S.CHF3O3S.NO.Re/c1-4-10-16(11-5-1)19(17-12-6-2-7-13-17)18-14-8-3-9-15-18;2*1-2-4-5-3-1;2-1(3,4)8(5,6)7;1-2;/h1-15H;1-5H;1-2H,3-4H2;(H,5,6,7);;/q;;;;+1;/p-1. The fraction of sp³-hybridized carbons (Fsp3) is 0.107. The van der Waals surface area contributed by atoms with Crippen LogP contribution in [-0.4, -0.2) is 30.0 Å². The fourth-order valence-corrected chi connectivity index (χ4v) is 5.83. The van der Waals surface area contributed by atoms with Crippen LogP contribution in [0, 0.1) is 11.9 Å². The third kappa shape index (κ3) is 15.5. The Balaban J connectivity index is 0.000000597. The molecule has 0 atom stereocenters. The molecule has 0 saturated carbocycles. The van der Waals surface area contributed by atoms with Crippen molar-refractivity contribution in [1.82, 2.24) is 0 Å². The topological polar surface area (TPSA) is 101 Å². The maximum Gasteiger partial charge on any atom is 0.485 e. The number of allylic oxidation sites excluding steroid dienone is 4. The van der Waals surface area contributed by atoms with Gasteiger partial charge in [0.05, 0.1) is 0 Å². The second kappa shape index (κ2) is 21.4. The number of nitrogens with zero attached hydrogens (tertiary/aromatic N) is 1. The van der Waals surface area contributed by atoms with Crippen LogP contribution in [0.25, 0.3) is 0 Å². The van der Waals surface area contributed by atoms with E-state index in [4.69, 9.17) is 23.2 Å². The summed E-state index contributed by atoms with van der Waals surface area (Å²) in [6.07, 6.45) is 14.4. The molecule has 0 fully saturated rings. The van der Waals surface area contributed by atoms with E-state index in [1.807, 2.05) is 42.5 Å². The molecular formula is C28H26F3NO4PReS2. The summed E-state index contributed by atoms with van der Waals surface area (Å²) >= 11 is 1.96. The molecule has 5 rings (SSSR count). The number of hydrogen-bond donors (Lipinski definition) is 0. The number of rotatable bonds is 3. The summed E-state index contributed by atoms with van der Waals surface area (Å²) in [7, 11) is -6.54. The molecule has 1 aliphatic heterocycles. The van der Waals surface area contributed by atoms with Crippen molar-refractivity contribution >= 4 is 45.7 Å². The molecule has 40 heavy (non-hydrogen) atoms. The first-order valence-electron chi connectivity index (χ1n) is 11.3.